The molecule has 0 amide bonds. The van der Waals surface area contributed by atoms with Crippen molar-refractivity contribution in [1.29, 1.82) is 0 Å². The summed E-state index contributed by atoms with van der Waals surface area (Å²) < 4.78 is 12.9. The van der Waals surface area contributed by atoms with Crippen molar-refractivity contribution in [3.63, 3.8) is 0 Å². The van der Waals surface area contributed by atoms with Crippen molar-refractivity contribution in [2.24, 2.45) is 44.1 Å². The van der Waals surface area contributed by atoms with E-state index in [1.807, 2.05) is 32.2 Å². The van der Waals surface area contributed by atoms with E-state index in [1.54, 1.807) is 12.1 Å². The Labute approximate surface area is 499 Å². The van der Waals surface area contributed by atoms with Gasteiger partial charge in [-0.05, 0) is 135 Å². The quantitative estimate of drug-likeness (QED) is 0.0235. The van der Waals surface area contributed by atoms with E-state index in [0.717, 1.165) is 93.3 Å². The van der Waals surface area contributed by atoms with Crippen LogP contribution in [0.15, 0.2) is 118 Å². The third kappa shape index (κ3) is 25.6. The summed E-state index contributed by atoms with van der Waals surface area (Å²) in [5, 5.41) is 44.4. The first-order valence-corrected chi connectivity index (χ1v) is 31.0. The van der Waals surface area contributed by atoms with E-state index in [2.05, 4.69) is 157 Å². The molecule has 4 unspecified atom stereocenters. The molecule has 5 aromatic carbocycles. The van der Waals surface area contributed by atoms with E-state index in [4.69, 9.17) is 19.7 Å². The van der Waals surface area contributed by atoms with Crippen LogP contribution < -0.4 is 24.6 Å². The standard InChI is InChI=1S/C44H65N7O6.C16H27N.C8H11N/c1-9-15-18-33(12-4)29-49(8)36-21-23-38(32(7)25-36)45-47-40-27-44(57-31-35(14-6)20-17-11-3)41(28-43(40)56-30-34(13-5)19-16-10-2)48-46-39-24-22-37(50(52)53)26-42(39)51(54)55;1-5-7-10-15(6-2)13-17(4)16-11-8-9-14(3)12-16;1-7-4-3-5-8(6-7)9-2/h21-28,33-35H,9-20,29-31H2,1-8H3;8-9,11-12,15H,5-7,10,13H2,1-4H3;3-6,9H,1-2H3. The molecule has 0 radical (unpaired) electrons. The van der Waals surface area contributed by atoms with E-state index in [-0.39, 0.29) is 11.4 Å². The molecule has 0 saturated heterocycles. The molecule has 0 aliphatic heterocycles. The lowest BCUT2D eigenvalue weighted by molar-refractivity contribution is -0.393. The molecule has 4 atom stereocenters. The Kier molecular flexibility index (Phi) is 33.5. The molecule has 0 aliphatic rings. The second-order valence-corrected chi connectivity index (χ2v) is 22.4. The van der Waals surface area contributed by atoms with Crippen molar-refractivity contribution in [3.8, 4) is 11.5 Å². The largest absolute Gasteiger partial charge is 0.491 e. The van der Waals surface area contributed by atoms with Crippen LogP contribution >= 0.6 is 0 Å². The molecular formula is C68H103N9O6. The number of non-ortho nitro benzene ring substituents is 1. The Morgan fingerprint density at radius 3 is 1.34 bits per heavy atom. The number of unbranched alkanes of at least 4 members (excludes halogenated alkanes) is 4. The number of rotatable bonds is 35. The molecule has 83 heavy (non-hydrogen) atoms. The summed E-state index contributed by atoms with van der Waals surface area (Å²) in [7, 11) is 6.28. The Balaban J connectivity index is 0.000000563. The first-order chi connectivity index (χ1) is 40.0. The fraction of sp³-hybridized carbons (Fsp3) is 0.559. The normalized spacial score (nSPS) is 12.6. The van der Waals surface area contributed by atoms with Gasteiger partial charge in [0.15, 0.2) is 5.69 Å². The Hall–Kier alpha value is -6.90. The van der Waals surface area contributed by atoms with Crippen molar-refractivity contribution >= 4 is 51.2 Å². The van der Waals surface area contributed by atoms with Crippen LogP contribution in [0.1, 0.15) is 175 Å². The molecule has 0 fully saturated rings. The number of nitrogens with zero attached hydrogens (tertiary/aromatic N) is 8. The van der Waals surface area contributed by atoms with E-state index < -0.39 is 21.2 Å². The maximum atomic E-state index is 11.9. The number of nitrogens with one attached hydrogen (secondary N) is 1. The van der Waals surface area contributed by atoms with Gasteiger partial charge in [-0.25, -0.2) is 0 Å². The highest BCUT2D eigenvalue weighted by Gasteiger charge is 2.22. The van der Waals surface area contributed by atoms with Gasteiger partial charge in [-0.3, -0.25) is 20.2 Å². The van der Waals surface area contributed by atoms with Crippen LogP contribution in [-0.2, 0) is 0 Å². The molecule has 1 N–H and O–H groups in total. The Bertz CT molecular complexity index is 2730. The molecule has 0 spiro atoms. The molecule has 15 nitrogen and oxygen atoms in total. The lowest BCUT2D eigenvalue weighted by Gasteiger charge is -2.25. The summed E-state index contributed by atoms with van der Waals surface area (Å²) in [6, 6.07) is 30.0. The van der Waals surface area contributed by atoms with Crippen LogP contribution in [0.25, 0.3) is 0 Å². The first kappa shape index (κ1) is 70.4. The molecule has 0 aliphatic carbocycles. The van der Waals surface area contributed by atoms with E-state index in [9.17, 15) is 20.2 Å². The van der Waals surface area contributed by atoms with Crippen LogP contribution in [0.5, 0.6) is 11.5 Å². The zero-order valence-electron chi connectivity index (χ0n) is 53.2. The highest BCUT2D eigenvalue weighted by Crippen LogP contribution is 2.43. The molecule has 0 aromatic heterocycles. The topological polar surface area (TPSA) is 173 Å². The summed E-state index contributed by atoms with van der Waals surface area (Å²) in [6.45, 7) is 27.0. The van der Waals surface area contributed by atoms with E-state index in [0.29, 0.717) is 48.2 Å². The Morgan fingerprint density at radius 2 is 0.928 bits per heavy atom. The minimum absolute atomic E-state index is 0.126. The monoisotopic (exact) mass is 1140 g/mol. The van der Waals surface area contributed by atoms with Crippen molar-refractivity contribution in [2.45, 2.75) is 179 Å². The van der Waals surface area contributed by atoms with Gasteiger partial charge in [0.25, 0.3) is 5.69 Å². The molecule has 456 valence electrons. The second-order valence-electron chi connectivity index (χ2n) is 22.4. The van der Waals surface area contributed by atoms with Crippen LogP contribution in [0.3, 0.4) is 0 Å². The minimum atomic E-state index is -0.709. The van der Waals surface area contributed by atoms with Crippen molar-refractivity contribution in [2.75, 3.05) is 62.6 Å². The van der Waals surface area contributed by atoms with Gasteiger partial charge in [0.1, 0.15) is 22.9 Å². The van der Waals surface area contributed by atoms with Crippen LogP contribution in [0, 0.1) is 64.7 Å². The first-order valence-electron chi connectivity index (χ1n) is 31.0. The van der Waals surface area contributed by atoms with E-state index in [1.165, 1.54) is 86.1 Å². The molecular weight excluding hydrogens is 1040 g/mol. The fourth-order valence-electron chi connectivity index (χ4n) is 9.68. The predicted octanol–water partition coefficient (Wildman–Crippen LogP) is 21.2. The SMILES string of the molecule is CCCCC(CC)CN(C)c1cccc(C)c1.CCCCC(CC)COc1cc(N=Nc2ccc([N+](=O)[O-])cc2[N+](=O)[O-])c(OCC(CC)CCCC)cc1N=Nc1ccc(N(C)CC(CC)CCCC)cc1C.CNc1cccc(C)c1. The summed E-state index contributed by atoms with van der Waals surface area (Å²) in [5.74, 6) is 2.90. The molecule has 0 heterocycles. The van der Waals surface area contributed by atoms with Crippen LogP contribution in [0.4, 0.5) is 51.2 Å². The fourth-order valence-corrected chi connectivity index (χ4v) is 9.68. The van der Waals surface area contributed by atoms with Gasteiger partial charge in [-0.2, -0.15) is 5.11 Å². The molecule has 5 aromatic rings. The molecule has 5 rings (SSSR count). The number of anilines is 3. The highest BCUT2D eigenvalue weighted by atomic mass is 16.6. The summed E-state index contributed by atoms with van der Waals surface area (Å²) >= 11 is 0. The maximum Gasteiger partial charge on any atom is 0.303 e. The number of nitro groups is 2. The Morgan fingerprint density at radius 1 is 0.494 bits per heavy atom. The van der Waals surface area contributed by atoms with Crippen LogP contribution in [-0.4, -0.2) is 57.3 Å². The number of benzene rings is 5. The highest BCUT2D eigenvalue weighted by molar-refractivity contribution is 5.68. The van der Waals surface area contributed by atoms with Crippen molar-refractivity contribution < 1.29 is 19.3 Å². The third-order valence-electron chi connectivity index (χ3n) is 15.5. The van der Waals surface area contributed by atoms with Gasteiger partial charge < -0.3 is 24.6 Å². The van der Waals surface area contributed by atoms with Crippen molar-refractivity contribution in [3.05, 3.63) is 134 Å². The zero-order chi connectivity index (χ0) is 61.1. The smallest absolute Gasteiger partial charge is 0.303 e. The van der Waals surface area contributed by atoms with Gasteiger partial charge in [0, 0.05) is 69.5 Å². The second kappa shape index (κ2) is 39.6. The minimum Gasteiger partial charge on any atom is -0.491 e. The van der Waals surface area contributed by atoms with E-state index >= 15 is 0 Å². The van der Waals surface area contributed by atoms with Gasteiger partial charge in [0.2, 0.25) is 0 Å². The van der Waals surface area contributed by atoms with Gasteiger partial charge in [0.05, 0.1) is 34.8 Å². The molecule has 0 saturated carbocycles. The van der Waals surface area contributed by atoms with Gasteiger partial charge in [-0.1, -0.05) is 157 Å². The number of ether oxygens (including phenoxy) is 2. The van der Waals surface area contributed by atoms with Gasteiger partial charge >= 0.3 is 5.69 Å². The maximum absolute atomic E-state index is 11.9. The number of hydrogen-bond acceptors (Lipinski definition) is 13. The number of aryl methyl sites for hydroxylation is 3. The summed E-state index contributed by atoms with van der Waals surface area (Å²) in [5.41, 5.74) is 7.70. The predicted molar refractivity (Wildman–Crippen MR) is 348 cm³/mol. The van der Waals surface area contributed by atoms with Crippen LogP contribution in [0.2, 0.25) is 0 Å². The number of azo groups is 2. The average molecular weight is 1140 g/mol. The lowest BCUT2D eigenvalue weighted by atomic mass is 9.98. The van der Waals surface area contributed by atoms with Crippen molar-refractivity contribution in [1.82, 2.24) is 0 Å². The number of hydrogen-bond donors (Lipinski definition) is 1. The average Bonchev–Trinajstić information content (AvgIpc) is 3.63. The number of nitro benzene ring substituents is 2. The molecule has 0 bridgehead atoms. The summed E-state index contributed by atoms with van der Waals surface area (Å²) in [4.78, 5) is 26.6. The zero-order valence-corrected chi connectivity index (χ0v) is 53.2. The van der Waals surface area contributed by atoms with Gasteiger partial charge in [-0.15, -0.1) is 15.3 Å². The summed E-state index contributed by atoms with van der Waals surface area (Å²) in [6.07, 6.45) is 18.4. The molecule has 15 heteroatoms. The lowest BCUT2D eigenvalue weighted by Crippen LogP contribution is -2.25. The third-order valence-corrected chi connectivity index (χ3v) is 15.5.